The first-order chi connectivity index (χ1) is 22.3. The molecule has 0 aliphatic heterocycles. The van der Waals surface area contributed by atoms with Crippen LogP contribution in [0.2, 0.25) is 0 Å². The molecule has 272 valence electrons. The molecule has 0 saturated carbocycles. The molecule has 0 atom stereocenters. The smallest absolute Gasteiger partial charge is 0.253 e. The highest BCUT2D eigenvalue weighted by Gasteiger charge is 2.29. The van der Waals surface area contributed by atoms with Crippen LogP contribution in [0.4, 0.5) is 23.3 Å². The van der Waals surface area contributed by atoms with Gasteiger partial charge in [0.25, 0.3) is 5.16 Å². The van der Waals surface area contributed by atoms with E-state index in [2.05, 4.69) is 32.5 Å². The van der Waals surface area contributed by atoms with Crippen molar-refractivity contribution in [2.45, 2.75) is 155 Å². The molecule has 0 spiro atoms. The van der Waals surface area contributed by atoms with Gasteiger partial charge < -0.3 is 20.8 Å². The predicted molar refractivity (Wildman–Crippen MR) is 203 cm³/mol. The summed E-state index contributed by atoms with van der Waals surface area (Å²) >= 11 is 0. The SMILES string of the molecule is CCCCCCCCS(=O)(=O)c1nc(Nc2cc(C(C)(C)C)c(O)c(C(C)(C)C)c2)nc(Nc2cc(C(C)(C)C)c(O)c(C(C)(C)C)c2)n1. The van der Waals surface area contributed by atoms with E-state index < -0.39 is 9.84 Å². The van der Waals surface area contributed by atoms with Gasteiger partial charge in [-0.3, -0.25) is 0 Å². The maximum atomic E-state index is 13.7. The average molecular weight is 696 g/mol. The molecular weight excluding hydrogens is 635 g/mol. The Kier molecular flexibility index (Phi) is 12.1. The fourth-order valence-corrected chi connectivity index (χ4v) is 6.95. The summed E-state index contributed by atoms with van der Waals surface area (Å²) in [5.41, 5.74) is 2.78. The number of anilines is 4. The molecule has 0 aliphatic carbocycles. The first-order valence-electron chi connectivity index (χ1n) is 17.6. The normalized spacial score (nSPS) is 13.1. The fraction of sp³-hybridized carbons (Fsp3) is 0.615. The van der Waals surface area contributed by atoms with E-state index in [9.17, 15) is 18.6 Å². The summed E-state index contributed by atoms with van der Waals surface area (Å²) in [5, 5.41) is 28.7. The highest BCUT2D eigenvalue weighted by molar-refractivity contribution is 7.91. The van der Waals surface area contributed by atoms with Crippen LogP contribution in [0, 0.1) is 0 Å². The van der Waals surface area contributed by atoms with Gasteiger partial charge in [-0.2, -0.15) is 15.0 Å². The zero-order chi connectivity index (χ0) is 37.2. The maximum absolute atomic E-state index is 13.7. The van der Waals surface area contributed by atoms with Gasteiger partial charge in [0, 0.05) is 33.6 Å². The molecule has 0 saturated heterocycles. The van der Waals surface area contributed by atoms with Gasteiger partial charge in [-0.05, 0) is 52.3 Å². The minimum atomic E-state index is -3.84. The van der Waals surface area contributed by atoms with Crippen LogP contribution in [0.25, 0.3) is 0 Å². The number of aromatic hydroxyl groups is 2. The van der Waals surface area contributed by atoms with E-state index >= 15 is 0 Å². The largest absolute Gasteiger partial charge is 0.507 e. The number of aromatic nitrogens is 3. The molecule has 3 aromatic rings. The van der Waals surface area contributed by atoms with Crippen molar-refractivity contribution >= 4 is 33.1 Å². The van der Waals surface area contributed by atoms with Gasteiger partial charge in [-0.1, -0.05) is 122 Å². The van der Waals surface area contributed by atoms with Gasteiger partial charge in [0.15, 0.2) is 0 Å². The number of unbranched alkanes of at least 4 members (excludes halogenated alkanes) is 5. The second kappa shape index (κ2) is 14.8. The van der Waals surface area contributed by atoms with Crippen molar-refractivity contribution < 1.29 is 18.6 Å². The number of nitrogens with one attached hydrogen (secondary N) is 2. The van der Waals surface area contributed by atoms with Crippen LogP contribution >= 0.6 is 0 Å². The van der Waals surface area contributed by atoms with E-state index in [0.717, 1.165) is 54.4 Å². The first kappa shape index (κ1) is 40.0. The zero-order valence-electron chi connectivity index (χ0n) is 32.2. The fourth-order valence-electron chi connectivity index (χ4n) is 5.73. The topological polar surface area (TPSA) is 137 Å². The Bertz CT molecular complexity index is 1550. The summed E-state index contributed by atoms with van der Waals surface area (Å²) in [5.74, 6) is 0.542. The van der Waals surface area contributed by atoms with Crippen molar-refractivity contribution in [2.75, 3.05) is 16.4 Å². The standard InChI is InChI=1S/C39H61N5O4S/c1-14-15-16-17-18-19-20-49(47,48)35-43-33(40-25-21-27(36(2,3)4)31(45)28(22-25)37(5,6)7)42-34(44-35)41-26-23-29(38(8,9)10)32(46)30(24-26)39(11,12)13/h21-24,45-46H,14-20H2,1-13H3,(H2,40,41,42,43,44). The van der Waals surface area contributed by atoms with E-state index in [1.807, 2.05) is 107 Å². The van der Waals surface area contributed by atoms with Crippen molar-refractivity contribution in [1.82, 2.24) is 15.0 Å². The molecule has 3 rings (SSSR count). The van der Waals surface area contributed by atoms with Crippen molar-refractivity contribution in [3.8, 4) is 11.5 Å². The molecule has 0 fully saturated rings. The molecule has 0 bridgehead atoms. The lowest BCUT2D eigenvalue weighted by Gasteiger charge is -2.28. The number of nitrogens with zero attached hydrogens (tertiary/aromatic N) is 3. The third-order valence-corrected chi connectivity index (χ3v) is 10.2. The Labute approximate surface area is 295 Å². The minimum Gasteiger partial charge on any atom is -0.507 e. The van der Waals surface area contributed by atoms with Crippen LogP contribution in [-0.2, 0) is 31.5 Å². The molecule has 0 aliphatic rings. The summed E-state index contributed by atoms with van der Waals surface area (Å²) in [6.07, 6.45) is 5.68. The van der Waals surface area contributed by atoms with E-state index in [-0.39, 0.29) is 56.0 Å². The molecule has 9 nitrogen and oxygen atoms in total. The molecule has 0 unspecified atom stereocenters. The Morgan fingerprint density at radius 3 is 1.20 bits per heavy atom. The van der Waals surface area contributed by atoms with Gasteiger partial charge in [0.05, 0.1) is 5.75 Å². The average Bonchev–Trinajstić information content (AvgIpc) is 2.94. The molecule has 10 heteroatoms. The molecule has 49 heavy (non-hydrogen) atoms. The number of hydrogen-bond donors (Lipinski definition) is 4. The molecule has 1 aromatic heterocycles. The third-order valence-electron chi connectivity index (χ3n) is 8.62. The Hall–Kier alpha value is -3.40. The second-order valence-electron chi connectivity index (χ2n) is 17.4. The highest BCUT2D eigenvalue weighted by Crippen LogP contribution is 2.43. The molecular formula is C39H61N5O4S. The summed E-state index contributed by atoms with van der Waals surface area (Å²) in [7, 11) is -3.84. The zero-order valence-corrected chi connectivity index (χ0v) is 33.0. The minimum absolute atomic E-state index is 0.0644. The van der Waals surface area contributed by atoms with Crippen LogP contribution in [-0.4, -0.2) is 39.3 Å². The lowest BCUT2D eigenvalue weighted by atomic mass is 9.79. The number of benzene rings is 2. The number of sulfone groups is 1. The van der Waals surface area contributed by atoms with Crippen LogP contribution in [0.5, 0.6) is 11.5 Å². The summed E-state index contributed by atoms with van der Waals surface area (Å²) in [6.45, 7) is 26.6. The van der Waals surface area contributed by atoms with Gasteiger partial charge >= 0.3 is 0 Å². The number of rotatable bonds is 12. The first-order valence-corrected chi connectivity index (χ1v) is 19.3. The molecule has 4 N–H and O–H groups in total. The van der Waals surface area contributed by atoms with Crippen molar-refractivity contribution in [2.24, 2.45) is 0 Å². The van der Waals surface area contributed by atoms with E-state index in [0.29, 0.717) is 17.8 Å². The molecule has 2 aromatic carbocycles. The van der Waals surface area contributed by atoms with E-state index in [4.69, 9.17) is 0 Å². The van der Waals surface area contributed by atoms with Crippen molar-refractivity contribution in [1.29, 1.82) is 0 Å². The summed E-state index contributed by atoms with van der Waals surface area (Å²) in [4.78, 5) is 13.5. The Morgan fingerprint density at radius 2 is 0.878 bits per heavy atom. The number of phenolic OH excluding ortho intramolecular Hbond substituents is 2. The number of hydrogen-bond acceptors (Lipinski definition) is 9. The highest BCUT2D eigenvalue weighted by atomic mass is 32.2. The van der Waals surface area contributed by atoms with Crippen molar-refractivity contribution in [3.63, 3.8) is 0 Å². The van der Waals surface area contributed by atoms with Crippen LogP contribution < -0.4 is 10.6 Å². The lowest BCUT2D eigenvalue weighted by molar-refractivity contribution is 0.422. The lowest BCUT2D eigenvalue weighted by Crippen LogP contribution is -2.19. The molecule has 0 amide bonds. The maximum Gasteiger partial charge on any atom is 0.253 e. The van der Waals surface area contributed by atoms with Crippen molar-refractivity contribution in [3.05, 3.63) is 46.5 Å². The number of phenols is 2. The Morgan fingerprint density at radius 1 is 0.551 bits per heavy atom. The summed E-state index contributed by atoms with van der Waals surface area (Å²) in [6, 6.07) is 7.43. The molecule has 0 radical (unpaired) electrons. The van der Waals surface area contributed by atoms with Gasteiger partial charge in [0.2, 0.25) is 21.7 Å². The summed E-state index contributed by atoms with van der Waals surface area (Å²) < 4.78 is 27.4. The van der Waals surface area contributed by atoms with E-state index in [1.54, 1.807) is 0 Å². The van der Waals surface area contributed by atoms with Crippen LogP contribution in [0.3, 0.4) is 0 Å². The molecule has 1 heterocycles. The van der Waals surface area contributed by atoms with Gasteiger partial charge in [-0.25, -0.2) is 8.42 Å². The van der Waals surface area contributed by atoms with Gasteiger partial charge in [0.1, 0.15) is 11.5 Å². The van der Waals surface area contributed by atoms with Crippen LogP contribution in [0.1, 0.15) is 151 Å². The predicted octanol–water partition coefficient (Wildman–Crippen LogP) is 10.1. The third kappa shape index (κ3) is 10.5. The Balaban J connectivity index is 2.17. The second-order valence-corrected chi connectivity index (χ2v) is 19.4. The van der Waals surface area contributed by atoms with E-state index in [1.165, 1.54) is 0 Å². The quantitative estimate of drug-likeness (QED) is 0.108. The monoisotopic (exact) mass is 695 g/mol. The van der Waals surface area contributed by atoms with Gasteiger partial charge in [-0.15, -0.1) is 0 Å². The van der Waals surface area contributed by atoms with Crippen LogP contribution in [0.15, 0.2) is 29.4 Å².